The molecule has 0 aliphatic heterocycles. The van der Waals surface area contributed by atoms with Crippen molar-refractivity contribution in [2.24, 2.45) is 11.3 Å². The summed E-state index contributed by atoms with van der Waals surface area (Å²) in [5.74, 6) is 0.502. The molecule has 4 nitrogen and oxygen atoms in total. The number of aliphatic hydroxyl groups excluding tert-OH is 1. The Balaban J connectivity index is 1.67. The quantitative estimate of drug-likeness (QED) is 0.811. The van der Waals surface area contributed by atoms with Gasteiger partial charge < -0.3 is 15.2 Å². The smallest absolute Gasteiger partial charge is 0.228 e. The van der Waals surface area contributed by atoms with Crippen molar-refractivity contribution in [2.75, 3.05) is 13.7 Å². The van der Waals surface area contributed by atoms with Gasteiger partial charge >= 0.3 is 0 Å². The van der Waals surface area contributed by atoms with Gasteiger partial charge in [0.05, 0.1) is 18.1 Å². The van der Waals surface area contributed by atoms with Crippen molar-refractivity contribution in [2.45, 2.75) is 50.7 Å². The molecule has 23 heavy (non-hydrogen) atoms. The topological polar surface area (TPSA) is 58.6 Å². The summed E-state index contributed by atoms with van der Waals surface area (Å²) in [6.07, 6.45) is 5.13. The van der Waals surface area contributed by atoms with Crippen LogP contribution in [-0.2, 0) is 16.0 Å². The number of nitrogens with one attached hydrogen (secondary N) is 1. The van der Waals surface area contributed by atoms with E-state index in [1.165, 1.54) is 5.56 Å². The molecule has 126 valence electrons. The molecular weight excluding hydrogens is 290 g/mol. The Bertz CT molecular complexity index is 521. The van der Waals surface area contributed by atoms with Crippen molar-refractivity contribution in [3.63, 3.8) is 0 Å². The van der Waals surface area contributed by atoms with Gasteiger partial charge in [0.25, 0.3) is 0 Å². The normalized spacial score (nSPS) is 26.7. The largest absolute Gasteiger partial charge is 0.393 e. The summed E-state index contributed by atoms with van der Waals surface area (Å²) in [4.78, 5) is 12.8. The van der Waals surface area contributed by atoms with E-state index in [0.29, 0.717) is 12.5 Å². The fourth-order valence-corrected chi connectivity index (χ4v) is 3.80. The third-order valence-electron chi connectivity index (χ3n) is 5.55. The number of hydrogen-bond acceptors (Lipinski definition) is 3. The molecule has 2 N–H and O–H groups in total. The van der Waals surface area contributed by atoms with Crippen LogP contribution in [0.5, 0.6) is 0 Å². The Labute approximate surface area is 138 Å². The lowest BCUT2D eigenvalue weighted by atomic mass is 9.68. The van der Waals surface area contributed by atoms with E-state index in [4.69, 9.17) is 4.74 Å². The minimum atomic E-state index is -0.327. The molecule has 0 bridgehead atoms. The van der Waals surface area contributed by atoms with Gasteiger partial charge in [0, 0.05) is 13.2 Å². The molecule has 1 aromatic carbocycles. The molecule has 4 heteroatoms. The average molecular weight is 317 g/mol. The van der Waals surface area contributed by atoms with Crippen molar-refractivity contribution in [1.82, 2.24) is 5.32 Å². The number of amides is 1. The summed E-state index contributed by atoms with van der Waals surface area (Å²) in [5.41, 5.74) is 0.903. The zero-order chi connectivity index (χ0) is 16.3. The minimum Gasteiger partial charge on any atom is -0.393 e. The number of methoxy groups -OCH3 is 1. The number of carbonyl (C=O) groups is 1. The van der Waals surface area contributed by atoms with Crippen LogP contribution >= 0.6 is 0 Å². The molecular formula is C19H27NO3. The third-order valence-corrected chi connectivity index (χ3v) is 5.55. The molecule has 0 radical (unpaired) electrons. The molecule has 0 spiro atoms. The van der Waals surface area contributed by atoms with Crippen molar-refractivity contribution in [3.8, 4) is 0 Å². The Hall–Kier alpha value is -1.39. The van der Waals surface area contributed by atoms with E-state index in [1.807, 2.05) is 18.2 Å². The maximum absolute atomic E-state index is 12.8. The predicted molar refractivity (Wildman–Crippen MR) is 89.0 cm³/mol. The van der Waals surface area contributed by atoms with E-state index in [1.54, 1.807) is 7.11 Å². The van der Waals surface area contributed by atoms with Crippen LogP contribution in [0.3, 0.4) is 0 Å². The van der Waals surface area contributed by atoms with Crippen molar-refractivity contribution >= 4 is 5.91 Å². The summed E-state index contributed by atoms with van der Waals surface area (Å²) in [6.45, 7) is 0.504. The van der Waals surface area contributed by atoms with Gasteiger partial charge in [-0.25, -0.2) is 0 Å². The van der Waals surface area contributed by atoms with Gasteiger partial charge in [0.1, 0.15) is 0 Å². The molecule has 0 heterocycles. The molecule has 1 aromatic rings. The van der Waals surface area contributed by atoms with Gasteiger partial charge in [-0.1, -0.05) is 36.8 Å². The van der Waals surface area contributed by atoms with Crippen LogP contribution in [0.4, 0.5) is 0 Å². The molecule has 2 aliphatic carbocycles. The summed E-state index contributed by atoms with van der Waals surface area (Å²) in [7, 11) is 1.66. The number of carbonyl (C=O) groups excluding carboxylic acids is 1. The second kappa shape index (κ2) is 7.02. The Kier molecular flexibility index (Phi) is 5.02. The van der Waals surface area contributed by atoms with Gasteiger partial charge in [-0.15, -0.1) is 0 Å². The Morgan fingerprint density at radius 1 is 1.35 bits per heavy atom. The zero-order valence-corrected chi connectivity index (χ0v) is 13.8. The van der Waals surface area contributed by atoms with Crippen LogP contribution in [0, 0.1) is 11.3 Å². The van der Waals surface area contributed by atoms with E-state index in [2.05, 4.69) is 17.4 Å². The van der Waals surface area contributed by atoms with Crippen molar-refractivity contribution < 1.29 is 14.6 Å². The standard InChI is InChI=1S/C19H27NO3/c1-23-13-19(8-5-9-19)18(22)20-17(15-11-16(21)12-15)10-14-6-3-2-4-7-14/h2-4,6-7,15-17,21H,5,8-13H2,1H3,(H,20,22). The van der Waals surface area contributed by atoms with Crippen molar-refractivity contribution in [1.29, 1.82) is 0 Å². The summed E-state index contributed by atoms with van der Waals surface area (Å²) < 4.78 is 5.29. The molecule has 2 saturated carbocycles. The highest BCUT2D eigenvalue weighted by atomic mass is 16.5. The van der Waals surface area contributed by atoms with Crippen LogP contribution in [0.1, 0.15) is 37.7 Å². The predicted octanol–water partition coefficient (Wildman–Crippen LogP) is 2.30. The molecule has 1 atom stereocenters. The van der Waals surface area contributed by atoms with Crippen LogP contribution in [0.25, 0.3) is 0 Å². The molecule has 1 amide bonds. The number of benzene rings is 1. The highest BCUT2D eigenvalue weighted by Gasteiger charge is 2.46. The van der Waals surface area contributed by atoms with Crippen LogP contribution in [0.2, 0.25) is 0 Å². The van der Waals surface area contributed by atoms with Crippen LogP contribution in [0.15, 0.2) is 30.3 Å². The molecule has 3 rings (SSSR count). The highest BCUT2D eigenvalue weighted by molar-refractivity contribution is 5.84. The Morgan fingerprint density at radius 3 is 2.57 bits per heavy atom. The lowest BCUT2D eigenvalue weighted by Gasteiger charge is -2.43. The number of ether oxygens (including phenoxy) is 1. The van der Waals surface area contributed by atoms with Gasteiger partial charge in [0.2, 0.25) is 5.91 Å². The number of aliphatic hydroxyl groups is 1. The first-order chi connectivity index (χ1) is 11.1. The third kappa shape index (κ3) is 3.59. The molecule has 2 aliphatic rings. The maximum atomic E-state index is 12.8. The molecule has 1 unspecified atom stereocenters. The SMILES string of the molecule is COCC1(C(=O)NC(Cc2ccccc2)C2CC(O)C2)CCC1. The minimum absolute atomic E-state index is 0.0997. The van der Waals surface area contributed by atoms with Gasteiger partial charge in [-0.3, -0.25) is 4.79 Å². The first-order valence-corrected chi connectivity index (χ1v) is 8.65. The lowest BCUT2D eigenvalue weighted by molar-refractivity contribution is -0.142. The lowest BCUT2D eigenvalue weighted by Crippen LogP contribution is -2.55. The van der Waals surface area contributed by atoms with Crippen molar-refractivity contribution in [3.05, 3.63) is 35.9 Å². The highest BCUT2D eigenvalue weighted by Crippen LogP contribution is 2.42. The fraction of sp³-hybridized carbons (Fsp3) is 0.632. The van der Waals surface area contributed by atoms with E-state index in [9.17, 15) is 9.90 Å². The van der Waals surface area contributed by atoms with E-state index in [-0.39, 0.29) is 23.5 Å². The summed E-state index contributed by atoms with van der Waals surface area (Å²) >= 11 is 0. The first-order valence-electron chi connectivity index (χ1n) is 8.65. The van der Waals surface area contributed by atoms with E-state index < -0.39 is 0 Å². The van der Waals surface area contributed by atoms with E-state index >= 15 is 0 Å². The van der Waals surface area contributed by atoms with Crippen LogP contribution < -0.4 is 5.32 Å². The van der Waals surface area contributed by atoms with E-state index in [0.717, 1.165) is 38.5 Å². The first kappa shape index (κ1) is 16.5. The van der Waals surface area contributed by atoms with Gasteiger partial charge in [-0.05, 0) is 43.6 Å². The molecule has 0 saturated heterocycles. The maximum Gasteiger partial charge on any atom is 0.228 e. The average Bonchev–Trinajstić information content (AvgIpc) is 2.48. The molecule has 0 aromatic heterocycles. The van der Waals surface area contributed by atoms with Gasteiger partial charge in [-0.2, -0.15) is 0 Å². The summed E-state index contributed by atoms with van der Waals surface area (Å²) in [5, 5.41) is 12.9. The van der Waals surface area contributed by atoms with Gasteiger partial charge in [0.15, 0.2) is 0 Å². The fourth-order valence-electron chi connectivity index (χ4n) is 3.80. The second-order valence-electron chi connectivity index (χ2n) is 7.22. The molecule has 2 fully saturated rings. The number of rotatable bonds is 7. The van der Waals surface area contributed by atoms with Crippen LogP contribution in [-0.4, -0.2) is 36.9 Å². The Morgan fingerprint density at radius 2 is 2.04 bits per heavy atom. The summed E-state index contributed by atoms with van der Waals surface area (Å²) in [6, 6.07) is 10.4. The second-order valence-corrected chi connectivity index (χ2v) is 7.22. The monoisotopic (exact) mass is 317 g/mol. The zero-order valence-electron chi connectivity index (χ0n) is 13.8. The number of hydrogen-bond donors (Lipinski definition) is 2.